The standard InChI is InChI=1S/C16H21ClF3N3O3/c1-26-5-4-22-3-2-11(8-22)7-21-14(24)10-23-9-12(16(18,19)20)6-13(17)15(23)25/h6,9,11H,2-5,7-8,10H2,1H3,(H,21,24). The van der Waals surface area contributed by atoms with E-state index in [1.165, 1.54) is 0 Å². The number of hydrogen-bond donors (Lipinski definition) is 1. The molecule has 1 aromatic heterocycles. The molecule has 1 aromatic rings. The summed E-state index contributed by atoms with van der Waals surface area (Å²) < 4.78 is 44.1. The molecule has 0 aliphatic carbocycles. The SMILES string of the molecule is COCCN1CCC(CNC(=O)Cn2cc(C(F)(F)F)cc(Cl)c2=O)C1. The lowest BCUT2D eigenvalue weighted by molar-refractivity contribution is -0.138. The van der Waals surface area contributed by atoms with Gasteiger partial charge in [-0.3, -0.25) is 9.59 Å². The van der Waals surface area contributed by atoms with Gasteiger partial charge in [-0.2, -0.15) is 13.2 Å². The molecule has 0 aromatic carbocycles. The van der Waals surface area contributed by atoms with Crippen LogP contribution in [0.15, 0.2) is 17.1 Å². The molecule has 1 unspecified atom stereocenters. The van der Waals surface area contributed by atoms with Crippen molar-refractivity contribution in [3.05, 3.63) is 33.2 Å². The summed E-state index contributed by atoms with van der Waals surface area (Å²) in [5, 5.41) is 2.10. The summed E-state index contributed by atoms with van der Waals surface area (Å²) in [6, 6.07) is 0.561. The van der Waals surface area contributed by atoms with E-state index >= 15 is 0 Å². The number of hydrogen-bond acceptors (Lipinski definition) is 4. The van der Waals surface area contributed by atoms with Gasteiger partial charge in [0.25, 0.3) is 5.56 Å². The number of pyridine rings is 1. The van der Waals surface area contributed by atoms with Crippen LogP contribution in [-0.2, 0) is 22.3 Å². The van der Waals surface area contributed by atoms with E-state index in [4.69, 9.17) is 16.3 Å². The number of carbonyl (C=O) groups excluding carboxylic acids is 1. The predicted molar refractivity (Wildman–Crippen MR) is 90.1 cm³/mol. The molecule has 6 nitrogen and oxygen atoms in total. The number of nitrogens with zero attached hydrogens (tertiary/aromatic N) is 2. The van der Waals surface area contributed by atoms with Gasteiger partial charge in [0.05, 0.1) is 12.2 Å². The molecule has 2 rings (SSSR count). The molecule has 146 valence electrons. The summed E-state index contributed by atoms with van der Waals surface area (Å²) in [6.07, 6.45) is -3.12. The number of nitrogens with one attached hydrogen (secondary N) is 1. The first-order chi connectivity index (χ1) is 12.2. The van der Waals surface area contributed by atoms with Gasteiger partial charge in [-0.1, -0.05) is 11.6 Å². The number of alkyl halides is 3. The largest absolute Gasteiger partial charge is 0.417 e. The van der Waals surface area contributed by atoms with Crippen molar-refractivity contribution in [2.75, 3.05) is 39.9 Å². The summed E-state index contributed by atoms with van der Waals surface area (Å²) in [5.41, 5.74) is -1.90. The zero-order valence-corrected chi connectivity index (χ0v) is 15.1. The lowest BCUT2D eigenvalue weighted by atomic mass is 10.1. The molecule has 0 bridgehead atoms. The summed E-state index contributed by atoms with van der Waals surface area (Å²) >= 11 is 5.57. The van der Waals surface area contributed by atoms with E-state index < -0.39 is 34.8 Å². The van der Waals surface area contributed by atoms with E-state index in [-0.39, 0.29) is 5.92 Å². The quantitative estimate of drug-likeness (QED) is 0.762. The van der Waals surface area contributed by atoms with Crippen molar-refractivity contribution in [3.63, 3.8) is 0 Å². The Kier molecular flexibility index (Phi) is 7.08. The van der Waals surface area contributed by atoms with Crippen LogP contribution < -0.4 is 10.9 Å². The summed E-state index contributed by atoms with van der Waals surface area (Å²) in [4.78, 5) is 26.1. The van der Waals surface area contributed by atoms with Crippen molar-refractivity contribution in [2.24, 2.45) is 5.92 Å². The Morgan fingerprint density at radius 2 is 2.19 bits per heavy atom. The maximum Gasteiger partial charge on any atom is 0.417 e. The first kappa shape index (κ1) is 20.7. The third kappa shape index (κ3) is 5.72. The van der Waals surface area contributed by atoms with Gasteiger partial charge in [0.15, 0.2) is 0 Å². The van der Waals surface area contributed by atoms with Gasteiger partial charge < -0.3 is 19.5 Å². The molecular formula is C16H21ClF3N3O3. The molecule has 2 heterocycles. The zero-order chi connectivity index (χ0) is 19.3. The van der Waals surface area contributed by atoms with E-state index in [0.29, 0.717) is 30.0 Å². The second kappa shape index (κ2) is 8.88. The third-order valence-electron chi connectivity index (χ3n) is 4.25. The van der Waals surface area contributed by atoms with Crippen LogP contribution in [0.1, 0.15) is 12.0 Å². The molecule has 0 saturated carbocycles. The minimum absolute atomic E-state index is 0.262. The molecule has 1 N–H and O–H groups in total. The summed E-state index contributed by atoms with van der Waals surface area (Å²) in [6.45, 7) is 3.08. The molecular weight excluding hydrogens is 375 g/mol. The normalized spacial score (nSPS) is 18.3. The van der Waals surface area contributed by atoms with Crippen molar-refractivity contribution in [3.8, 4) is 0 Å². The Morgan fingerprint density at radius 1 is 1.46 bits per heavy atom. The minimum Gasteiger partial charge on any atom is -0.383 e. The van der Waals surface area contributed by atoms with Crippen LogP contribution in [0, 0.1) is 5.92 Å². The van der Waals surface area contributed by atoms with E-state index in [9.17, 15) is 22.8 Å². The third-order valence-corrected chi connectivity index (χ3v) is 4.52. The lowest BCUT2D eigenvalue weighted by Gasteiger charge is -2.16. The number of methoxy groups -OCH3 is 1. The zero-order valence-electron chi connectivity index (χ0n) is 14.3. The Hall–Kier alpha value is -1.58. The van der Waals surface area contributed by atoms with Crippen molar-refractivity contribution in [2.45, 2.75) is 19.1 Å². The number of likely N-dealkylation sites (tertiary alicyclic amines) is 1. The Bertz CT molecular complexity index is 694. The van der Waals surface area contributed by atoms with Crippen LogP contribution in [0.4, 0.5) is 13.2 Å². The highest BCUT2D eigenvalue weighted by molar-refractivity contribution is 6.30. The van der Waals surface area contributed by atoms with Gasteiger partial charge in [0.1, 0.15) is 11.6 Å². The van der Waals surface area contributed by atoms with Crippen LogP contribution in [0.25, 0.3) is 0 Å². The molecule has 1 atom stereocenters. The molecule has 10 heteroatoms. The minimum atomic E-state index is -4.65. The first-order valence-corrected chi connectivity index (χ1v) is 8.53. The highest BCUT2D eigenvalue weighted by atomic mass is 35.5. The van der Waals surface area contributed by atoms with Crippen LogP contribution >= 0.6 is 11.6 Å². The Balaban J connectivity index is 1.90. The molecule has 26 heavy (non-hydrogen) atoms. The maximum absolute atomic E-state index is 12.8. The highest BCUT2D eigenvalue weighted by Gasteiger charge is 2.32. The fraction of sp³-hybridized carbons (Fsp3) is 0.625. The van der Waals surface area contributed by atoms with Gasteiger partial charge in [-0.05, 0) is 24.9 Å². The van der Waals surface area contributed by atoms with Crippen molar-refractivity contribution < 1.29 is 22.7 Å². The van der Waals surface area contributed by atoms with E-state index in [0.717, 1.165) is 26.1 Å². The number of amides is 1. The van der Waals surface area contributed by atoms with Gasteiger partial charge in [-0.15, -0.1) is 0 Å². The maximum atomic E-state index is 12.8. The van der Waals surface area contributed by atoms with Gasteiger partial charge in [-0.25, -0.2) is 0 Å². The molecule has 1 fully saturated rings. The summed E-state index contributed by atoms with van der Waals surface area (Å²) in [5.74, 6) is -0.268. The van der Waals surface area contributed by atoms with Crippen molar-refractivity contribution >= 4 is 17.5 Å². The average Bonchev–Trinajstić information content (AvgIpc) is 3.02. The fourth-order valence-corrected chi connectivity index (χ4v) is 3.07. The van der Waals surface area contributed by atoms with E-state index in [1.54, 1.807) is 7.11 Å². The van der Waals surface area contributed by atoms with Crippen LogP contribution in [-0.4, -0.2) is 55.3 Å². The summed E-state index contributed by atoms with van der Waals surface area (Å²) in [7, 11) is 1.63. The van der Waals surface area contributed by atoms with Gasteiger partial charge in [0, 0.05) is 32.9 Å². The number of carbonyl (C=O) groups is 1. The van der Waals surface area contributed by atoms with E-state index in [1.807, 2.05) is 0 Å². The smallest absolute Gasteiger partial charge is 0.383 e. The number of aromatic nitrogens is 1. The molecule has 0 radical (unpaired) electrons. The van der Waals surface area contributed by atoms with Crippen LogP contribution in [0.2, 0.25) is 5.02 Å². The van der Waals surface area contributed by atoms with E-state index in [2.05, 4.69) is 10.2 Å². The lowest BCUT2D eigenvalue weighted by Crippen LogP contribution is -2.36. The highest BCUT2D eigenvalue weighted by Crippen LogP contribution is 2.29. The molecule has 0 spiro atoms. The number of ether oxygens (including phenoxy) is 1. The molecule has 1 aliphatic heterocycles. The van der Waals surface area contributed by atoms with Gasteiger partial charge >= 0.3 is 6.18 Å². The van der Waals surface area contributed by atoms with Gasteiger partial charge in [0.2, 0.25) is 5.91 Å². The Morgan fingerprint density at radius 3 is 2.85 bits per heavy atom. The van der Waals surface area contributed by atoms with Crippen molar-refractivity contribution in [1.29, 1.82) is 0 Å². The monoisotopic (exact) mass is 395 g/mol. The average molecular weight is 396 g/mol. The second-order valence-electron chi connectivity index (χ2n) is 6.26. The van der Waals surface area contributed by atoms with Crippen LogP contribution in [0.5, 0.6) is 0 Å². The molecule has 1 aliphatic rings. The molecule has 1 saturated heterocycles. The Labute approximate surface area is 153 Å². The van der Waals surface area contributed by atoms with Crippen molar-refractivity contribution in [1.82, 2.24) is 14.8 Å². The topological polar surface area (TPSA) is 63.6 Å². The first-order valence-electron chi connectivity index (χ1n) is 8.16. The molecule has 1 amide bonds. The van der Waals surface area contributed by atoms with Crippen LogP contribution in [0.3, 0.4) is 0 Å². The number of halogens is 4. The predicted octanol–water partition coefficient (Wildman–Crippen LogP) is 1.60. The fourth-order valence-electron chi connectivity index (χ4n) is 2.84. The second-order valence-corrected chi connectivity index (χ2v) is 6.67. The number of rotatable bonds is 7.